The molecule has 3 rings (SSSR count). The number of hydrogen-bond acceptors (Lipinski definition) is 5. The average molecular weight is 379 g/mol. The van der Waals surface area contributed by atoms with E-state index < -0.39 is 10.0 Å². The van der Waals surface area contributed by atoms with Gasteiger partial charge >= 0.3 is 0 Å². The zero-order valence-corrected chi connectivity index (χ0v) is 15.9. The molecule has 0 radical (unpaired) electrons. The van der Waals surface area contributed by atoms with E-state index in [0.29, 0.717) is 26.2 Å². The zero-order valence-electron chi connectivity index (χ0n) is 15.1. The fourth-order valence-electron chi connectivity index (χ4n) is 2.88. The predicted octanol–water partition coefficient (Wildman–Crippen LogP) is 1.90. The molecule has 26 heavy (non-hydrogen) atoms. The summed E-state index contributed by atoms with van der Waals surface area (Å²) in [7, 11) is -3.24. The summed E-state index contributed by atoms with van der Waals surface area (Å²) in [6.07, 6.45) is 4.43. The highest BCUT2D eigenvalue weighted by atomic mass is 32.2. The largest absolute Gasteiger partial charge is 0.493 e. The van der Waals surface area contributed by atoms with Crippen LogP contribution < -0.4 is 9.46 Å². The van der Waals surface area contributed by atoms with Gasteiger partial charge < -0.3 is 9.47 Å². The van der Waals surface area contributed by atoms with Crippen LogP contribution in [0.2, 0.25) is 0 Å². The average Bonchev–Trinajstić information content (AvgIpc) is 3.07. The number of nitrogens with zero attached hydrogens (tertiary/aromatic N) is 2. The number of aryl methyl sites for hydroxylation is 1. The van der Waals surface area contributed by atoms with Crippen molar-refractivity contribution < 1.29 is 17.9 Å². The second-order valence-corrected chi connectivity index (χ2v) is 8.56. The van der Waals surface area contributed by atoms with Crippen LogP contribution in [-0.2, 0) is 14.8 Å². The van der Waals surface area contributed by atoms with E-state index in [9.17, 15) is 8.42 Å². The monoisotopic (exact) mass is 379 g/mol. The summed E-state index contributed by atoms with van der Waals surface area (Å²) in [5.41, 5.74) is 2.06. The molecule has 2 heterocycles. The fraction of sp³-hybridized carbons (Fsp3) is 0.500. The molecule has 0 aliphatic carbocycles. The number of aromatic nitrogens is 2. The molecule has 0 unspecified atom stereocenters. The van der Waals surface area contributed by atoms with Gasteiger partial charge in [0.15, 0.2) is 0 Å². The highest BCUT2D eigenvalue weighted by molar-refractivity contribution is 7.89. The topological polar surface area (TPSA) is 82.5 Å². The Morgan fingerprint density at radius 1 is 1.35 bits per heavy atom. The van der Waals surface area contributed by atoms with Crippen LogP contribution in [0, 0.1) is 12.8 Å². The smallest absolute Gasteiger partial charge is 0.211 e. The second kappa shape index (κ2) is 8.20. The normalized spacial score (nSPS) is 20.8. The van der Waals surface area contributed by atoms with Gasteiger partial charge in [0, 0.05) is 24.8 Å². The van der Waals surface area contributed by atoms with Crippen molar-refractivity contribution in [3.8, 4) is 11.4 Å². The summed E-state index contributed by atoms with van der Waals surface area (Å²) in [5.74, 6) is 0.797. The molecule has 1 aliphatic rings. The Morgan fingerprint density at radius 3 is 2.77 bits per heavy atom. The summed E-state index contributed by atoms with van der Waals surface area (Å²) in [6, 6.07) is 7.51. The molecule has 7 nitrogen and oxygen atoms in total. The molecule has 142 valence electrons. The van der Waals surface area contributed by atoms with Crippen LogP contribution in [0.1, 0.15) is 18.9 Å². The lowest BCUT2D eigenvalue weighted by molar-refractivity contribution is 0.0186. The van der Waals surface area contributed by atoms with E-state index in [2.05, 4.69) is 9.82 Å². The fourth-order valence-corrected chi connectivity index (χ4v) is 3.82. The minimum absolute atomic E-state index is 0.0153. The maximum absolute atomic E-state index is 11.9. The molecule has 0 saturated carbocycles. The lowest BCUT2D eigenvalue weighted by Crippen LogP contribution is -2.47. The first-order valence-electron chi connectivity index (χ1n) is 8.79. The maximum atomic E-state index is 11.9. The first-order valence-corrected chi connectivity index (χ1v) is 10.4. The molecule has 8 heteroatoms. The van der Waals surface area contributed by atoms with E-state index in [1.165, 1.54) is 0 Å². The van der Waals surface area contributed by atoms with Gasteiger partial charge in [0.2, 0.25) is 10.0 Å². The number of benzene rings is 1. The van der Waals surface area contributed by atoms with E-state index in [1.807, 2.05) is 48.3 Å². The molecular weight excluding hydrogens is 354 g/mol. The summed E-state index contributed by atoms with van der Waals surface area (Å²) < 4.78 is 39.7. The lowest BCUT2D eigenvalue weighted by Gasteiger charge is -2.31. The van der Waals surface area contributed by atoms with Crippen LogP contribution >= 0.6 is 0 Å². The van der Waals surface area contributed by atoms with Gasteiger partial charge in [-0.15, -0.1) is 0 Å². The number of rotatable bonds is 7. The van der Waals surface area contributed by atoms with Gasteiger partial charge in [-0.25, -0.2) is 17.8 Å². The summed E-state index contributed by atoms with van der Waals surface area (Å²) in [6.45, 7) is 5.08. The standard InChI is InChI=1S/C18H25N3O4S/c1-3-26(22,23)20-18-8-9-24-12-15(18)13-25-17-6-4-16(5-7-17)21-11-14(2)10-19-21/h4-7,10-11,15,18,20H,3,8-9,12-13H2,1-2H3/t15-,18+/m0/s1. The first kappa shape index (κ1) is 18.9. The molecule has 1 aliphatic heterocycles. The second-order valence-electron chi connectivity index (χ2n) is 6.52. The van der Waals surface area contributed by atoms with Crippen molar-refractivity contribution >= 4 is 10.0 Å². The third kappa shape index (κ3) is 4.84. The van der Waals surface area contributed by atoms with E-state index in [1.54, 1.807) is 6.92 Å². The molecule has 0 amide bonds. The summed E-state index contributed by atoms with van der Waals surface area (Å²) in [5, 5.41) is 4.28. The van der Waals surface area contributed by atoms with Crippen LogP contribution in [0.3, 0.4) is 0 Å². The van der Waals surface area contributed by atoms with Gasteiger partial charge in [-0.2, -0.15) is 5.10 Å². The van der Waals surface area contributed by atoms with Gasteiger partial charge in [-0.05, 0) is 50.1 Å². The Hall–Kier alpha value is -1.90. The lowest BCUT2D eigenvalue weighted by atomic mass is 9.98. The van der Waals surface area contributed by atoms with E-state index in [4.69, 9.17) is 9.47 Å². The minimum atomic E-state index is -3.24. The molecule has 1 fully saturated rings. The molecule has 1 N–H and O–H groups in total. The molecule has 1 aromatic carbocycles. The first-order chi connectivity index (χ1) is 12.5. The molecule has 0 bridgehead atoms. The van der Waals surface area contributed by atoms with Crippen LogP contribution in [0.15, 0.2) is 36.7 Å². The molecule has 1 aromatic heterocycles. The minimum Gasteiger partial charge on any atom is -0.493 e. The Labute approximate surface area is 154 Å². The quantitative estimate of drug-likeness (QED) is 0.795. The Bertz CT molecular complexity index is 817. The van der Waals surface area contributed by atoms with Gasteiger partial charge in [-0.3, -0.25) is 0 Å². The third-order valence-corrected chi connectivity index (χ3v) is 5.88. The highest BCUT2D eigenvalue weighted by Gasteiger charge is 2.29. The van der Waals surface area contributed by atoms with Gasteiger partial charge in [-0.1, -0.05) is 0 Å². The van der Waals surface area contributed by atoms with Crippen molar-refractivity contribution in [3.63, 3.8) is 0 Å². The van der Waals surface area contributed by atoms with Crippen molar-refractivity contribution in [1.82, 2.24) is 14.5 Å². The number of ether oxygens (including phenoxy) is 2. The van der Waals surface area contributed by atoms with Crippen LogP contribution in [0.5, 0.6) is 5.75 Å². The predicted molar refractivity (Wildman–Crippen MR) is 99.1 cm³/mol. The number of nitrogens with one attached hydrogen (secondary N) is 1. The Kier molecular flexibility index (Phi) is 5.95. The molecule has 1 saturated heterocycles. The maximum Gasteiger partial charge on any atom is 0.211 e. The van der Waals surface area contributed by atoms with E-state index >= 15 is 0 Å². The van der Waals surface area contributed by atoms with Crippen molar-refractivity contribution in [1.29, 1.82) is 0 Å². The van der Waals surface area contributed by atoms with Gasteiger partial charge in [0.25, 0.3) is 0 Å². The molecule has 2 atom stereocenters. The molecule has 0 spiro atoms. The number of hydrogen-bond donors (Lipinski definition) is 1. The Morgan fingerprint density at radius 2 is 2.12 bits per heavy atom. The molecule has 2 aromatic rings. The van der Waals surface area contributed by atoms with Crippen LogP contribution in [-0.4, -0.2) is 49.8 Å². The van der Waals surface area contributed by atoms with E-state index in [-0.39, 0.29) is 17.7 Å². The van der Waals surface area contributed by atoms with Crippen molar-refractivity contribution in [2.45, 2.75) is 26.3 Å². The van der Waals surface area contributed by atoms with Crippen molar-refractivity contribution in [3.05, 3.63) is 42.2 Å². The van der Waals surface area contributed by atoms with Crippen molar-refractivity contribution in [2.75, 3.05) is 25.6 Å². The SMILES string of the molecule is CCS(=O)(=O)N[C@@H]1CCOC[C@H]1COc1ccc(-n2cc(C)cn2)cc1. The van der Waals surface area contributed by atoms with Crippen LogP contribution in [0.4, 0.5) is 0 Å². The highest BCUT2D eigenvalue weighted by Crippen LogP contribution is 2.20. The zero-order chi connectivity index (χ0) is 18.6. The molecular formula is C18H25N3O4S. The summed E-state index contributed by atoms with van der Waals surface area (Å²) in [4.78, 5) is 0. The van der Waals surface area contributed by atoms with E-state index in [0.717, 1.165) is 17.0 Å². The third-order valence-electron chi connectivity index (χ3n) is 4.46. The van der Waals surface area contributed by atoms with Crippen LogP contribution in [0.25, 0.3) is 5.69 Å². The Balaban J connectivity index is 1.60. The van der Waals surface area contributed by atoms with Gasteiger partial charge in [0.05, 0.1) is 30.9 Å². The number of sulfonamides is 1. The van der Waals surface area contributed by atoms with Crippen molar-refractivity contribution in [2.24, 2.45) is 5.92 Å². The summed E-state index contributed by atoms with van der Waals surface area (Å²) >= 11 is 0. The van der Waals surface area contributed by atoms with Gasteiger partial charge in [0.1, 0.15) is 5.75 Å².